The van der Waals surface area contributed by atoms with Crippen LogP contribution in [0.15, 0.2) is 42.7 Å². The van der Waals surface area contributed by atoms with Crippen molar-refractivity contribution in [2.75, 3.05) is 6.54 Å². The zero-order chi connectivity index (χ0) is 15.1. The second-order valence-electron chi connectivity index (χ2n) is 5.13. The molecule has 0 aliphatic heterocycles. The fourth-order valence-electron chi connectivity index (χ4n) is 2.60. The van der Waals surface area contributed by atoms with Gasteiger partial charge in [0.25, 0.3) is 0 Å². The van der Waals surface area contributed by atoms with Crippen LogP contribution in [0.4, 0.5) is 0 Å². The number of aromatic nitrogens is 2. The van der Waals surface area contributed by atoms with Gasteiger partial charge < -0.3 is 4.57 Å². The summed E-state index contributed by atoms with van der Waals surface area (Å²) >= 11 is 0. The molecule has 0 aliphatic carbocycles. The minimum atomic E-state index is -0.723. The molecule has 4 heteroatoms. The van der Waals surface area contributed by atoms with Crippen LogP contribution in [0.5, 0.6) is 0 Å². The van der Waals surface area contributed by atoms with Crippen LogP contribution in [-0.2, 0) is 18.5 Å². The fourth-order valence-corrected chi connectivity index (χ4v) is 2.60. The highest BCUT2D eigenvalue weighted by Gasteiger charge is 2.32. The summed E-state index contributed by atoms with van der Waals surface area (Å²) in [5.74, 6) is 1.03. The number of rotatable bonds is 7. The van der Waals surface area contributed by atoms with E-state index in [0.717, 1.165) is 30.8 Å². The Hall–Kier alpha value is -2.12. The van der Waals surface area contributed by atoms with E-state index in [4.69, 9.17) is 0 Å². The van der Waals surface area contributed by atoms with Gasteiger partial charge in [-0.15, -0.1) is 0 Å². The van der Waals surface area contributed by atoms with Gasteiger partial charge in [0.2, 0.25) is 0 Å². The normalized spacial score (nSPS) is 13.6. The van der Waals surface area contributed by atoms with Crippen molar-refractivity contribution in [1.82, 2.24) is 14.9 Å². The van der Waals surface area contributed by atoms with E-state index in [0.29, 0.717) is 6.54 Å². The van der Waals surface area contributed by atoms with E-state index >= 15 is 0 Å². The molecule has 0 radical (unpaired) electrons. The molecule has 4 nitrogen and oxygen atoms in total. The lowest BCUT2D eigenvalue weighted by atomic mass is 9.91. The third kappa shape index (κ3) is 3.32. The maximum absolute atomic E-state index is 9.83. The van der Waals surface area contributed by atoms with Crippen LogP contribution >= 0.6 is 0 Å². The lowest BCUT2D eigenvalue weighted by Gasteiger charge is -2.29. The Morgan fingerprint density at radius 3 is 2.67 bits per heavy atom. The molecule has 1 heterocycles. The van der Waals surface area contributed by atoms with Crippen LogP contribution in [0.25, 0.3) is 0 Å². The largest absolute Gasteiger partial charge is 0.332 e. The molecule has 0 amide bonds. The lowest BCUT2D eigenvalue weighted by molar-refractivity contribution is 0.370. The van der Waals surface area contributed by atoms with Crippen molar-refractivity contribution in [2.45, 2.75) is 38.8 Å². The molecular weight excluding hydrogens is 260 g/mol. The van der Waals surface area contributed by atoms with Crippen LogP contribution in [-0.4, -0.2) is 16.1 Å². The fraction of sp³-hybridized carbons (Fsp3) is 0.412. The summed E-state index contributed by atoms with van der Waals surface area (Å²) in [7, 11) is 0. The van der Waals surface area contributed by atoms with Crippen LogP contribution in [0.3, 0.4) is 0 Å². The Morgan fingerprint density at radius 2 is 2.05 bits per heavy atom. The van der Waals surface area contributed by atoms with Crippen molar-refractivity contribution in [3.8, 4) is 6.07 Å². The molecule has 1 aromatic carbocycles. The third-order valence-corrected chi connectivity index (χ3v) is 3.62. The van der Waals surface area contributed by atoms with Crippen molar-refractivity contribution in [2.24, 2.45) is 0 Å². The molecule has 1 atom stereocenters. The second kappa shape index (κ2) is 7.05. The molecule has 0 spiro atoms. The zero-order valence-corrected chi connectivity index (χ0v) is 12.7. The highest BCUT2D eigenvalue weighted by atomic mass is 15.1. The van der Waals surface area contributed by atoms with Crippen molar-refractivity contribution in [1.29, 1.82) is 5.26 Å². The summed E-state index contributed by atoms with van der Waals surface area (Å²) in [4.78, 5) is 4.40. The van der Waals surface area contributed by atoms with Gasteiger partial charge >= 0.3 is 0 Å². The van der Waals surface area contributed by atoms with Gasteiger partial charge in [0.1, 0.15) is 11.4 Å². The van der Waals surface area contributed by atoms with Gasteiger partial charge in [-0.25, -0.2) is 4.98 Å². The molecule has 0 fully saturated rings. The standard InChI is InChI=1S/C17H22N4/c1-3-8-16-19-11-12-21(16)14-17(13-18,20-4-2)15-9-6-5-7-10-15/h5-7,9-12,20H,3-4,8,14H2,1-2H3. The van der Waals surface area contributed by atoms with Gasteiger partial charge in [-0.2, -0.15) is 5.26 Å². The Morgan fingerprint density at radius 1 is 1.29 bits per heavy atom. The predicted molar refractivity (Wildman–Crippen MR) is 83.6 cm³/mol. The minimum absolute atomic E-state index is 0.566. The Balaban J connectivity index is 2.37. The second-order valence-corrected chi connectivity index (χ2v) is 5.13. The smallest absolute Gasteiger partial charge is 0.150 e. The monoisotopic (exact) mass is 282 g/mol. The molecule has 2 aromatic rings. The number of hydrogen-bond donors (Lipinski definition) is 1. The van der Waals surface area contributed by atoms with Crippen molar-refractivity contribution in [3.05, 3.63) is 54.1 Å². The number of aryl methyl sites for hydroxylation is 1. The van der Waals surface area contributed by atoms with Gasteiger partial charge in [0.15, 0.2) is 0 Å². The first kappa shape index (κ1) is 15.3. The molecule has 0 aliphatic rings. The number of likely N-dealkylation sites (N-methyl/N-ethyl adjacent to an activating group) is 1. The van der Waals surface area contributed by atoms with Crippen LogP contribution in [0.1, 0.15) is 31.7 Å². The summed E-state index contributed by atoms with van der Waals surface area (Å²) in [5, 5.41) is 13.2. The molecule has 21 heavy (non-hydrogen) atoms. The third-order valence-electron chi connectivity index (χ3n) is 3.62. The Kier molecular flexibility index (Phi) is 5.13. The maximum Gasteiger partial charge on any atom is 0.150 e. The number of nitrogens with one attached hydrogen (secondary N) is 1. The summed E-state index contributed by atoms with van der Waals surface area (Å²) in [5.41, 5.74) is 0.268. The van der Waals surface area contributed by atoms with E-state index in [-0.39, 0.29) is 0 Å². The summed E-state index contributed by atoms with van der Waals surface area (Å²) in [6, 6.07) is 12.4. The molecule has 0 saturated heterocycles. The molecule has 1 aromatic heterocycles. The van der Waals surface area contributed by atoms with E-state index in [9.17, 15) is 5.26 Å². The number of nitriles is 1. The average Bonchev–Trinajstić information content (AvgIpc) is 2.95. The van der Waals surface area contributed by atoms with Crippen molar-refractivity contribution < 1.29 is 0 Å². The predicted octanol–water partition coefficient (Wildman–Crippen LogP) is 2.86. The van der Waals surface area contributed by atoms with Crippen molar-refractivity contribution in [3.63, 3.8) is 0 Å². The molecule has 0 bridgehead atoms. The number of nitrogens with zero attached hydrogens (tertiary/aromatic N) is 3. The molecule has 2 rings (SSSR count). The highest BCUT2D eigenvalue weighted by Crippen LogP contribution is 2.23. The van der Waals surface area contributed by atoms with Gasteiger partial charge in [-0.1, -0.05) is 44.2 Å². The van der Waals surface area contributed by atoms with E-state index in [1.165, 1.54) is 0 Å². The van der Waals surface area contributed by atoms with Gasteiger partial charge in [0, 0.05) is 18.8 Å². The Bertz CT molecular complexity index is 597. The minimum Gasteiger partial charge on any atom is -0.332 e. The summed E-state index contributed by atoms with van der Waals surface area (Å²) in [6.45, 7) is 5.46. The molecular formula is C17H22N4. The maximum atomic E-state index is 9.83. The summed E-state index contributed by atoms with van der Waals surface area (Å²) in [6.07, 6.45) is 5.74. The number of benzene rings is 1. The molecule has 110 valence electrons. The van der Waals surface area contributed by atoms with Crippen LogP contribution in [0, 0.1) is 11.3 Å². The van der Waals surface area contributed by atoms with Gasteiger partial charge in [-0.05, 0) is 18.5 Å². The SMILES string of the molecule is CCCc1nccn1CC(C#N)(NCC)c1ccccc1. The Labute approximate surface area is 126 Å². The van der Waals surface area contributed by atoms with E-state index < -0.39 is 5.54 Å². The first-order chi connectivity index (χ1) is 10.3. The topological polar surface area (TPSA) is 53.6 Å². The van der Waals surface area contributed by atoms with E-state index in [2.05, 4.69) is 27.9 Å². The number of imidazole rings is 1. The average molecular weight is 282 g/mol. The van der Waals surface area contributed by atoms with Gasteiger partial charge in [0.05, 0.1) is 12.6 Å². The molecule has 0 saturated carbocycles. The van der Waals surface area contributed by atoms with Crippen molar-refractivity contribution >= 4 is 0 Å². The highest BCUT2D eigenvalue weighted by molar-refractivity contribution is 5.31. The number of hydrogen-bond acceptors (Lipinski definition) is 3. The van der Waals surface area contributed by atoms with Gasteiger partial charge in [-0.3, -0.25) is 5.32 Å². The van der Waals surface area contributed by atoms with Crippen LogP contribution < -0.4 is 5.32 Å². The van der Waals surface area contributed by atoms with E-state index in [1.54, 1.807) is 0 Å². The molecule has 1 N–H and O–H groups in total. The molecule has 1 unspecified atom stereocenters. The zero-order valence-electron chi connectivity index (χ0n) is 12.7. The first-order valence-corrected chi connectivity index (χ1v) is 7.47. The lowest BCUT2D eigenvalue weighted by Crippen LogP contribution is -2.44. The van der Waals surface area contributed by atoms with E-state index in [1.807, 2.05) is 49.6 Å². The first-order valence-electron chi connectivity index (χ1n) is 7.47. The van der Waals surface area contributed by atoms with Crippen LogP contribution in [0.2, 0.25) is 0 Å². The quantitative estimate of drug-likeness (QED) is 0.849. The summed E-state index contributed by atoms with van der Waals surface area (Å²) < 4.78 is 2.09.